The summed E-state index contributed by atoms with van der Waals surface area (Å²) >= 11 is 0. The Hall–Kier alpha value is -0.810. The fourth-order valence-corrected chi connectivity index (χ4v) is 5.28. The highest BCUT2D eigenvalue weighted by Crippen LogP contribution is 2.13. The number of carbonyl (C=O) groups is 2. The Kier molecular flexibility index (Phi) is 35.5. The molecule has 1 atom stereocenters. The van der Waals surface area contributed by atoms with Crippen LogP contribution >= 0.6 is 12.4 Å². The van der Waals surface area contributed by atoms with Crippen molar-refractivity contribution in [2.45, 2.75) is 193 Å². The summed E-state index contributed by atoms with van der Waals surface area (Å²) in [5.74, 6) is -0.00781. The summed E-state index contributed by atoms with van der Waals surface area (Å²) in [6.45, 7) is 5.86. The van der Waals surface area contributed by atoms with E-state index in [2.05, 4.69) is 24.5 Å². The smallest absolute Gasteiger partial charge is 0.242 e. The highest BCUT2D eigenvalue weighted by molar-refractivity contribution is 5.87. The van der Waals surface area contributed by atoms with Gasteiger partial charge in [0.2, 0.25) is 11.8 Å². The zero-order valence-electron chi connectivity index (χ0n) is 26.9. The molecule has 0 saturated carbocycles. The summed E-state index contributed by atoms with van der Waals surface area (Å²) in [7, 11) is 0. The Morgan fingerprint density at radius 1 is 0.550 bits per heavy atom. The van der Waals surface area contributed by atoms with Gasteiger partial charge in [0.05, 0.1) is 0 Å². The molecular formula is C34H70ClN3O2. The van der Waals surface area contributed by atoms with Crippen LogP contribution in [-0.4, -0.2) is 30.9 Å². The van der Waals surface area contributed by atoms with Gasteiger partial charge < -0.3 is 16.4 Å². The number of amides is 2. The van der Waals surface area contributed by atoms with Crippen molar-refractivity contribution in [2.24, 2.45) is 5.73 Å². The molecule has 0 radical (unpaired) electrons. The van der Waals surface area contributed by atoms with Crippen molar-refractivity contribution in [3.05, 3.63) is 0 Å². The largest absolute Gasteiger partial charge is 0.354 e. The second-order valence-electron chi connectivity index (χ2n) is 11.9. The number of hydrogen-bond donors (Lipinski definition) is 3. The average Bonchev–Trinajstić information content (AvgIpc) is 2.93. The summed E-state index contributed by atoms with van der Waals surface area (Å²) < 4.78 is 0. The number of carbonyl (C=O) groups excluding carboxylic acids is 2. The highest BCUT2D eigenvalue weighted by atomic mass is 35.5. The van der Waals surface area contributed by atoms with Gasteiger partial charge in [-0.2, -0.15) is 0 Å². The van der Waals surface area contributed by atoms with E-state index in [1.54, 1.807) is 0 Å². The maximum atomic E-state index is 12.8. The number of nitrogens with two attached hydrogens (primary N) is 1. The van der Waals surface area contributed by atoms with Gasteiger partial charge in [-0.15, -0.1) is 12.4 Å². The molecule has 0 rings (SSSR count). The second-order valence-corrected chi connectivity index (χ2v) is 11.9. The quantitative estimate of drug-likeness (QED) is 0.0706. The standard InChI is InChI=1S/C34H69N3O2.ClH/c1-3-5-7-9-11-13-15-16-17-18-20-22-24-29-33(38)37-32(28-25-26-30-35)34(39)36-31-27-23-21-19-14-12-10-8-6-4-2;/h32H,3-31,35H2,1-2H3,(H,36,39)(H,37,38);1H/t32-;/m1./s1. The highest BCUT2D eigenvalue weighted by Gasteiger charge is 2.19. The Morgan fingerprint density at radius 3 is 1.38 bits per heavy atom. The van der Waals surface area contributed by atoms with E-state index >= 15 is 0 Å². The molecule has 0 fully saturated rings. The van der Waals surface area contributed by atoms with E-state index < -0.39 is 6.04 Å². The van der Waals surface area contributed by atoms with Crippen LogP contribution in [0.4, 0.5) is 0 Å². The fourth-order valence-electron chi connectivity index (χ4n) is 5.28. The van der Waals surface area contributed by atoms with E-state index in [4.69, 9.17) is 5.73 Å². The first-order valence-electron chi connectivity index (χ1n) is 17.4. The van der Waals surface area contributed by atoms with Gasteiger partial charge in [0.15, 0.2) is 0 Å². The third kappa shape index (κ3) is 30.2. The molecule has 0 aliphatic heterocycles. The lowest BCUT2D eigenvalue weighted by Crippen LogP contribution is -2.47. The van der Waals surface area contributed by atoms with Crippen molar-refractivity contribution in [1.29, 1.82) is 0 Å². The molecule has 0 spiro atoms. The number of nitrogens with one attached hydrogen (secondary N) is 2. The topological polar surface area (TPSA) is 84.2 Å². The molecular weight excluding hydrogens is 518 g/mol. The Morgan fingerprint density at radius 2 is 0.950 bits per heavy atom. The van der Waals surface area contributed by atoms with Gasteiger partial charge in [-0.25, -0.2) is 0 Å². The predicted octanol–water partition coefficient (Wildman–Crippen LogP) is 9.54. The Labute approximate surface area is 256 Å². The first-order valence-corrected chi connectivity index (χ1v) is 17.4. The molecule has 5 nitrogen and oxygen atoms in total. The van der Waals surface area contributed by atoms with Crippen molar-refractivity contribution in [2.75, 3.05) is 13.1 Å². The summed E-state index contributed by atoms with van der Waals surface area (Å²) in [6.07, 6.45) is 32.7. The first-order chi connectivity index (χ1) is 19.2. The molecule has 0 bridgehead atoms. The van der Waals surface area contributed by atoms with Crippen molar-refractivity contribution in [3.63, 3.8) is 0 Å². The third-order valence-corrected chi connectivity index (χ3v) is 7.94. The predicted molar refractivity (Wildman–Crippen MR) is 177 cm³/mol. The van der Waals surface area contributed by atoms with Crippen molar-refractivity contribution >= 4 is 24.2 Å². The summed E-state index contributed by atoms with van der Waals surface area (Å²) in [5, 5.41) is 6.09. The van der Waals surface area contributed by atoms with E-state index in [-0.39, 0.29) is 24.2 Å². The third-order valence-electron chi connectivity index (χ3n) is 7.94. The molecule has 0 aliphatic carbocycles. The van der Waals surface area contributed by atoms with E-state index in [1.807, 2.05) is 0 Å². The molecule has 6 heteroatoms. The van der Waals surface area contributed by atoms with Crippen molar-refractivity contribution < 1.29 is 9.59 Å². The molecule has 0 unspecified atom stereocenters. The molecule has 0 aliphatic rings. The molecule has 0 aromatic heterocycles. The SMILES string of the molecule is CCCCCCCCCCCCCCCC(=O)N[C@H](CCCCN)C(=O)NCCCCCCCCCCCC.Cl. The zero-order chi connectivity index (χ0) is 28.7. The summed E-state index contributed by atoms with van der Waals surface area (Å²) in [4.78, 5) is 25.3. The maximum absolute atomic E-state index is 12.8. The van der Waals surface area contributed by atoms with Crippen LogP contribution in [0.3, 0.4) is 0 Å². The number of halogens is 1. The number of unbranched alkanes of at least 4 members (excludes halogenated alkanes) is 22. The second kappa shape index (κ2) is 34.4. The van der Waals surface area contributed by atoms with Crippen molar-refractivity contribution in [1.82, 2.24) is 10.6 Å². The van der Waals surface area contributed by atoms with Crippen LogP contribution < -0.4 is 16.4 Å². The van der Waals surface area contributed by atoms with Crippen LogP contribution in [0.5, 0.6) is 0 Å². The Balaban J connectivity index is 0. The monoisotopic (exact) mass is 588 g/mol. The van der Waals surface area contributed by atoms with Gasteiger partial charge in [-0.05, 0) is 38.6 Å². The van der Waals surface area contributed by atoms with Crippen molar-refractivity contribution in [3.8, 4) is 0 Å². The zero-order valence-corrected chi connectivity index (χ0v) is 27.7. The van der Waals surface area contributed by atoms with E-state index in [0.29, 0.717) is 25.9 Å². The van der Waals surface area contributed by atoms with Crippen LogP contribution in [0.25, 0.3) is 0 Å². The fraction of sp³-hybridized carbons (Fsp3) is 0.941. The maximum Gasteiger partial charge on any atom is 0.242 e. The van der Waals surface area contributed by atoms with Gasteiger partial charge in [0, 0.05) is 13.0 Å². The van der Waals surface area contributed by atoms with Crippen LogP contribution in [0.1, 0.15) is 187 Å². The molecule has 2 amide bonds. The number of hydrogen-bond acceptors (Lipinski definition) is 3. The lowest BCUT2D eigenvalue weighted by Gasteiger charge is -2.18. The van der Waals surface area contributed by atoms with E-state index in [1.165, 1.54) is 128 Å². The minimum atomic E-state index is -0.422. The number of rotatable bonds is 31. The van der Waals surface area contributed by atoms with Crippen LogP contribution in [0.2, 0.25) is 0 Å². The van der Waals surface area contributed by atoms with E-state index in [0.717, 1.165) is 32.1 Å². The summed E-state index contributed by atoms with van der Waals surface area (Å²) in [5.41, 5.74) is 5.64. The molecule has 240 valence electrons. The minimum Gasteiger partial charge on any atom is -0.354 e. The Bertz CT molecular complexity index is 533. The van der Waals surface area contributed by atoms with Gasteiger partial charge in [-0.3, -0.25) is 9.59 Å². The van der Waals surface area contributed by atoms with Gasteiger partial charge >= 0.3 is 0 Å². The van der Waals surface area contributed by atoms with Gasteiger partial charge in [0.1, 0.15) is 6.04 Å². The lowest BCUT2D eigenvalue weighted by molar-refractivity contribution is -0.129. The lowest BCUT2D eigenvalue weighted by atomic mass is 10.0. The van der Waals surface area contributed by atoms with Crippen LogP contribution in [0.15, 0.2) is 0 Å². The molecule has 0 aromatic rings. The van der Waals surface area contributed by atoms with Gasteiger partial charge in [0.25, 0.3) is 0 Å². The minimum absolute atomic E-state index is 0. The van der Waals surface area contributed by atoms with E-state index in [9.17, 15) is 9.59 Å². The average molecular weight is 588 g/mol. The summed E-state index contributed by atoms with van der Waals surface area (Å²) in [6, 6.07) is -0.422. The molecule has 40 heavy (non-hydrogen) atoms. The normalized spacial score (nSPS) is 11.7. The molecule has 0 aromatic carbocycles. The van der Waals surface area contributed by atoms with Crippen LogP contribution in [0, 0.1) is 0 Å². The molecule has 0 heterocycles. The molecule has 0 saturated heterocycles. The molecule has 4 N–H and O–H groups in total. The van der Waals surface area contributed by atoms with Gasteiger partial charge in [-0.1, -0.05) is 149 Å². The first kappa shape index (κ1) is 41.3. The van der Waals surface area contributed by atoms with Crippen LogP contribution in [-0.2, 0) is 9.59 Å².